The Balaban J connectivity index is -0.000000130. The third-order valence-corrected chi connectivity index (χ3v) is 4.87. The lowest BCUT2D eigenvalue weighted by Crippen LogP contribution is -2.36. The fourth-order valence-corrected chi connectivity index (χ4v) is 2.02. The lowest BCUT2D eigenvalue weighted by atomic mass is 10.0. The van der Waals surface area contributed by atoms with E-state index in [1.807, 2.05) is 27.7 Å². The van der Waals surface area contributed by atoms with Crippen LogP contribution < -0.4 is 28.7 Å². The van der Waals surface area contributed by atoms with Crippen molar-refractivity contribution < 1.29 is 49.5 Å². The summed E-state index contributed by atoms with van der Waals surface area (Å²) >= 11 is 0. The summed E-state index contributed by atoms with van der Waals surface area (Å²) in [7, 11) is 0. The highest BCUT2D eigenvalue weighted by Crippen LogP contribution is 2.04. The second kappa shape index (κ2) is 29.1. The van der Waals surface area contributed by atoms with Crippen molar-refractivity contribution in [1.82, 2.24) is 0 Å². The van der Waals surface area contributed by atoms with E-state index in [4.69, 9.17) is 59.0 Å². The molecule has 0 fully saturated rings. The third-order valence-electron chi connectivity index (χ3n) is 4.87. The molecule has 0 rings (SSSR count). The molecular formula is C25H55N5O10. The molecule has 0 aromatic heterocycles. The molecule has 0 saturated carbocycles. The van der Waals surface area contributed by atoms with Gasteiger partial charge in [-0.2, -0.15) is 0 Å². The van der Waals surface area contributed by atoms with Gasteiger partial charge in [0.25, 0.3) is 5.97 Å². The Bertz CT molecular complexity index is 689. The van der Waals surface area contributed by atoms with Gasteiger partial charge in [-0.25, -0.2) is 0 Å². The second-order valence-electron chi connectivity index (χ2n) is 9.68. The molecule has 0 spiro atoms. The summed E-state index contributed by atoms with van der Waals surface area (Å²) in [6, 6.07) is -2.82. The van der Waals surface area contributed by atoms with Crippen LogP contribution in [0.5, 0.6) is 0 Å². The van der Waals surface area contributed by atoms with E-state index in [1.165, 1.54) is 0 Å². The highest BCUT2D eigenvalue weighted by Gasteiger charge is 2.17. The highest BCUT2D eigenvalue weighted by molar-refractivity contribution is 5.74. The predicted molar refractivity (Wildman–Crippen MR) is 152 cm³/mol. The first-order valence-corrected chi connectivity index (χ1v) is 12.9. The number of hydrogen-bond donors (Lipinski definition) is 10. The molecule has 0 aliphatic heterocycles. The van der Waals surface area contributed by atoms with Crippen molar-refractivity contribution >= 4 is 29.8 Å². The standard InChI is InChI=1S/C6H14N2O2.2C6H13NO2.C5H11NO2.C2H4O2/c7-4-2-1-3-5(8)6(9)10;1-4(2)3-5(7)6(8)9;1-3-4(2)5(7)6(8)9;1-3(2)4(6)5(7)8;1-2(3)4/h5H,1-4,7-8H2,(H,9,10);2*4-5H,3,7H2,1-2H3,(H,8,9);3-4H,6H2,1-2H3,(H,7,8);1H3,(H,3,4)/t2*5-;4-,5-;4-;/m0000./s1. The van der Waals surface area contributed by atoms with Crippen LogP contribution in [0.1, 0.15) is 80.6 Å². The van der Waals surface area contributed by atoms with Crippen LogP contribution in [0.3, 0.4) is 0 Å². The van der Waals surface area contributed by atoms with Gasteiger partial charge in [0, 0.05) is 6.92 Å². The van der Waals surface area contributed by atoms with Gasteiger partial charge in [-0.05, 0) is 43.6 Å². The number of carboxylic acids is 5. The summed E-state index contributed by atoms with van der Waals surface area (Å²) < 4.78 is 0. The van der Waals surface area contributed by atoms with E-state index in [-0.39, 0.29) is 11.8 Å². The summed E-state index contributed by atoms with van der Waals surface area (Å²) in [4.78, 5) is 49.4. The van der Waals surface area contributed by atoms with Gasteiger partial charge >= 0.3 is 23.9 Å². The number of hydrogen-bond acceptors (Lipinski definition) is 10. The quantitative estimate of drug-likeness (QED) is 0.132. The number of carboxylic acid groups (broad SMARTS) is 5. The molecule has 0 radical (unpaired) electrons. The summed E-state index contributed by atoms with van der Waals surface area (Å²) in [5.74, 6) is -4.07. The van der Waals surface area contributed by atoms with E-state index in [0.717, 1.165) is 26.2 Å². The highest BCUT2D eigenvalue weighted by atomic mass is 16.4. The van der Waals surface area contributed by atoms with Crippen molar-refractivity contribution in [3.05, 3.63) is 0 Å². The van der Waals surface area contributed by atoms with E-state index in [2.05, 4.69) is 0 Å². The molecule has 0 aliphatic carbocycles. The zero-order valence-corrected chi connectivity index (χ0v) is 24.9. The Morgan fingerprint density at radius 2 is 1.02 bits per heavy atom. The average molecular weight is 586 g/mol. The van der Waals surface area contributed by atoms with Crippen molar-refractivity contribution in [2.45, 2.75) is 105 Å². The molecule has 15 N–H and O–H groups in total. The maximum atomic E-state index is 10.2. The van der Waals surface area contributed by atoms with Crippen molar-refractivity contribution in [3.63, 3.8) is 0 Å². The molecule has 0 aromatic carbocycles. The molecule has 0 aromatic rings. The van der Waals surface area contributed by atoms with Gasteiger partial charge in [0.1, 0.15) is 24.2 Å². The minimum atomic E-state index is -0.933. The Morgan fingerprint density at radius 1 is 0.650 bits per heavy atom. The van der Waals surface area contributed by atoms with Crippen LogP contribution in [0, 0.1) is 17.8 Å². The first-order chi connectivity index (χ1) is 18.1. The van der Waals surface area contributed by atoms with E-state index >= 15 is 0 Å². The van der Waals surface area contributed by atoms with Gasteiger partial charge in [0.05, 0.1) is 0 Å². The minimum absolute atomic E-state index is 0.0208. The van der Waals surface area contributed by atoms with Crippen molar-refractivity contribution in [1.29, 1.82) is 0 Å². The van der Waals surface area contributed by atoms with Crippen molar-refractivity contribution in [2.24, 2.45) is 46.4 Å². The van der Waals surface area contributed by atoms with Crippen LogP contribution in [0.2, 0.25) is 0 Å². The van der Waals surface area contributed by atoms with Crippen LogP contribution in [0.4, 0.5) is 0 Å². The van der Waals surface area contributed by atoms with Gasteiger partial charge in [0.2, 0.25) is 0 Å². The van der Waals surface area contributed by atoms with Crippen LogP contribution in [-0.2, 0) is 24.0 Å². The number of rotatable bonds is 13. The van der Waals surface area contributed by atoms with Crippen molar-refractivity contribution in [3.8, 4) is 0 Å². The molecule has 5 atom stereocenters. The number of unbranched alkanes of at least 4 members (excludes halogenated alkanes) is 1. The molecule has 0 bridgehead atoms. The van der Waals surface area contributed by atoms with Gasteiger partial charge in [-0.3, -0.25) is 24.0 Å². The molecule has 0 aliphatic rings. The smallest absolute Gasteiger partial charge is 0.320 e. The number of carbonyl (C=O) groups is 5. The summed E-state index contributed by atoms with van der Waals surface area (Å²) in [6.07, 6.45) is 3.53. The van der Waals surface area contributed by atoms with E-state index in [9.17, 15) is 19.2 Å². The average Bonchev–Trinajstić information content (AvgIpc) is 2.82. The lowest BCUT2D eigenvalue weighted by Gasteiger charge is -2.11. The zero-order valence-electron chi connectivity index (χ0n) is 24.9. The SMILES string of the molecule is CC(=O)O.CC(C)C[C@H](N)C(=O)O.CC(C)[C@H](N)C(=O)O.CC[C@H](C)[C@H](N)C(=O)O.NCCCC[C@H](N)C(=O)O. The Kier molecular flexibility index (Phi) is 34.2. The Labute approximate surface area is 237 Å². The third kappa shape index (κ3) is 39.7. The number of aliphatic carboxylic acids is 5. The molecule has 0 amide bonds. The summed E-state index contributed by atoms with van der Waals surface area (Å²) in [6.45, 7) is 12.9. The lowest BCUT2D eigenvalue weighted by molar-refractivity contribution is -0.140. The topological polar surface area (TPSA) is 317 Å². The Morgan fingerprint density at radius 3 is 1.18 bits per heavy atom. The second-order valence-corrected chi connectivity index (χ2v) is 9.68. The van der Waals surface area contributed by atoms with Gasteiger partial charge in [-0.1, -0.05) is 54.4 Å². The van der Waals surface area contributed by atoms with Crippen molar-refractivity contribution in [2.75, 3.05) is 6.54 Å². The molecule has 0 heterocycles. The monoisotopic (exact) mass is 585 g/mol. The molecule has 40 heavy (non-hydrogen) atoms. The fraction of sp³-hybridized carbons (Fsp3) is 0.800. The first-order valence-electron chi connectivity index (χ1n) is 12.9. The van der Waals surface area contributed by atoms with Crippen LogP contribution in [0.15, 0.2) is 0 Å². The minimum Gasteiger partial charge on any atom is -0.481 e. The van der Waals surface area contributed by atoms with Crippen LogP contribution in [0.25, 0.3) is 0 Å². The summed E-state index contributed by atoms with van der Waals surface area (Å²) in [5, 5.41) is 40.6. The van der Waals surface area contributed by atoms with Crippen LogP contribution >= 0.6 is 0 Å². The maximum Gasteiger partial charge on any atom is 0.320 e. The normalized spacial score (nSPS) is 13.6. The maximum absolute atomic E-state index is 10.2. The van der Waals surface area contributed by atoms with Gasteiger partial charge < -0.3 is 54.2 Å². The Hall–Kier alpha value is -2.85. The molecule has 0 saturated heterocycles. The van der Waals surface area contributed by atoms with E-state index in [1.54, 1.807) is 13.8 Å². The molecule has 15 heteroatoms. The van der Waals surface area contributed by atoms with Gasteiger partial charge in [-0.15, -0.1) is 0 Å². The molecule has 240 valence electrons. The first kappa shape index (κ1) is 47.0. The fourth-order valence-electron chi connectivity index (χ4n) is 2.02. The molecule has 0 unspecified atom stereocenters. The van der Waals surface area contributed by atoms with Gasteiger partial charge in [0.15, 0.2) is 0 Å². The zero-order chi connectivity index (χ0) is 33.2. The molecular weight excluding hydrogens is 530 g/mol. The number of nitrogens with two attached hydrogens (primary N) is 5. The molecule has 15 nitrogen and oxygen atoms in total. The summed E-state index contributed by atoms with van der Waals surface area (Å²) in [5.41, 5.74) is 26.1. The largest absolute Gasteiger partial charge is 0.481 e. The van der Waals surface area contributed by atoms with Crippen LogP contribution in [-0.4, -0.2) is 86.1 Å². The van der Waals surface area contributed by atoms with E-state index in [0.29, 0.717) is 25.3 Å². The predicted octanol–water partition coefficient (Wildman–Crippen LogP) is 0.561. The van der Waals surface area contributed by atoms with E-state index < -0.39 is 54.0 Å².